The Kier molecular flexibility index (Phi) is 8.46. The number of esters is 1. The fourth-order valence-corrected chi connectivity index (χ4v) is 2.49. The minimum absolute atomic E-state index is 0.0171. The van der Waals surface area contributed by atoms with Crippen LogP contribution < -0.4 is 0 Å². The van der Waals surface area contributed by atoms with Crippen molar-refractivity contribution in [3.05, 3.63) is 0 Å². The van der Waals surface area contributed by atoms with Crippen LogP contribution in [-0.4, -0.2) is 56.1 Å². The van der Waals surface area contributed by atoms with Crippen LogP contribution in [0.1, 0.15) is 26.2 Å². The zero-order valence-corrected chi connectivity index (χ0v) is 12.2. The Morgan fingerprint density at radius 3 is 2.72 bits per heavy atom. The Bertz CT molecular complexity index is 232. The van der Waals surface area contributed by atoms with E-state index < -0.39 is 0 Å². The summed E-state index contributed by atoms with van der Waals surface area (Å²) in [7, 11) is 0. The lowest BCUT2D eigenvalue weighted by atomic mass is 10.0. The quantitative estimate of drug-likeness (QED) is 0.539. The summed E-state index contributed by atoms with van der Waals surface area (Å²) >= 11 is 4.21. The van der Waals surface area contributed by atoms with E-state index in [1.54, 1.807) is 0 Å². The first kappa shape index (κ1) is 15.8. The van der Waals surface area contributed by atoms with E-state index in [0.717, 1.165) is 57.9 Å². The molecule has 0 aliphatic carbocycles. The lowest BCUT2D eigenvalue weighted by Crippen LogP contribution is -2.37. The van der Waals surface area contributed by atoms with Gasteiger partial charge >= 0.3 is 5.97 Å². The van der Waals surface area contributed by atoms with E-state index in [1.807, 2.05) is 6.92 Å². The third-order valence-corrected chi connectivity index (χ3v) is 3.49. The van der Waals surface area contributed by atoms with Crippen LogP contribution in [0.15, 0.2) is 0 Å². The highest BCUT2D eigenvalue weighted by Gasteiger charge is 2.19. The Balaban J connectivity index is 2.21. The number of morpholine rings is 1. The molecule has 106 valence electrons. The first-order valence-corrected chi connectivity index (χ1v) is 7.48. The molecule has 0 amide bonds. The summed E-state index contributed by atoms with van der Waals surface area (Å²) in [5, 5.41) is 0. The van der Waals surface area contributed by atoms with Crippen LogP contribution in [0.25, 0.3) is 0 Å². The average molecular weight is 275 g/mol. The van der Waals surface area contributed by atoms with Gasteiger partial charge < -0.3 is 9.47 Å². The lowest BCUT2D eigenvalue weighted by molar-refractivity contribution is -0.148. The van der Waals surface area contributed by atoms with Crippen molar-refractivity contribution in [1.82, 2.24) is 4.90 Å². The summed E-state index contributed by atoms with van der Waals surface area (Å²) in [6.07, 6.45) is 2.75. The van der Waals surface area contributed by atoms with E-state index in [9.17, 15) is 4.79 Å². The zero-order chi connectivity index (χ0) is 13.2. The molecule has 1 heterocycles. The molecule has 0 saturated carbocycles. The Hall–Kier alpha value is -0.260. The zero-order valence-electron chi connectivity index (χ0n) is 11.3. The number of rotatable bonds is 8. The SMILES string of the molecule is CCOC(=O)[C@@H](CCS)CCCN1CCOCC1. The van der Waals surface area contributed by atoms with E-state index in [2.05, 4.69) is 17.5 Å². The number of thiol groups is 1. The first-order valence-electron chi connectivity index (χ1n) is 6.85. The molecule has 1 saturated heterocycles. The summed E-state index contributed by atoms with van der Waals surface area (Å²) in [5.41, 5.74) is 0. The van der Waals surface area contributed by atoms with E-state index in [4.69, 9.17) is 9.47 Å². The maximum absolute atomic E-state index is 11.7. The van der Waals surface area contributed by atoms with E-state index >= 15 is 0 Å². The second-order valence-electron chi connectivity index (χ2n) is 4.56. The largest absolute Gasteiger partial charge is 0.466 e. The molecule has 0 unspecified atom stereocenters. The summed E-state index contributed by atoms with van der Waals surface area (Å²) in [6, 6.07) is 0. The van der Waals surface area contributed by atoms with Crippen LogP contribution in [0.2, 0.25) is 0 Å². The van der Waals surface area contributed by atoms with Crippen molar-refractivity contribution in [1.29, 1.82) is 0 Å². The minimum Gasteiger partial charge on any atom is -0.466 e. The van der Waals surface area contributed by atoms with Crippen molar-refractivity contribution in [3.63, 3.8) is 0 Å². The highest BCUT2D eigenvalue weighted by atomic mass is 32.1. The van der Waals surface area contributed by atoms with Crippen LogP contribution in [-0.2, 0) is 14.3 Å². The molecule has 1 fully saturated rings. The van der Waals surface area contributed by atoms with Crippen molar-refractivity contribution in [2.24, 2.45) is 5.92 Å². The normalized spacial score (nSPS) is 18.6. The predicted molar refractivity (Wildman–Crippen MR) is 75.1 cm³/mol. The molecule has 1 atom stereocenters. The Morgan fingerprint density at radius 2 is 2.11 bits per heavy atom. The third kappa shape index (κ3) is 6.07. The van der Waals surface area contributed by atoms with Gasteiger partial charge in [0.15, 0.2) is 0 Å². The molecule has 0 aromatic carbocycles. The van der Waals surface area contributed by atoms with Crippen molar-refractivity contribution in [3.8, 4) is 0 Å². The van der Waals surface area contributed by atoms with Gasteiger partial charge in [0.25, 0.3) is 0 Å². The standard InChI is InChI=1S/C13H25NO3S/c1-2-17-13(15)12(5-11-18)4-3-6-14-7-9-16-10-8-14/h12,18H,2-11H2,1H3/t12-/m1/s1. The molecular weight excluding hydrogens is 250 g/mol. The molecule has 0 bridgehead atoms. The van der Waals surface area contributed by atoms with Gasteiger partial charge in [0, 0.05) is 13.1 Å². The number of hydrogen-bond acceptors (Lipinski definition) is 5. The molecule has 0 radical (unpaired) electrons. The van der Waals surface area contributed by atoms with E-state index in [-0.39, 0.29) is 11.9 Å². The van der Waals surface area contributed by atoms with Crippen LogP contribution in [0.3, 0.4) is 0 Å². The van der Waals surface area contributed by atoms with Gasteiger partial charge in [0.2, 0.25) is 0 Å². The summed E-state index contributed by atoms with van der Waals surface area (Å²) in [6.45, 7) is 7.05. The highest BCUT2D eigenvalue weighted by molar-refractivity contribution is 7.80. The molecule has 1 aliphatic rings. The summed E-state index contributed by atoms with van der Waals surface area (Å²) in [5.74, 6) is 0.693. The monoisotopic (exact) mass is 275 g/mol. The fourth-order valence-electron chi connectivity index (χ4n) is 2.18. The van der Waals surface area contributed by atoms with Crippen molar-refractivity contribution in [2.45, 2.75) is 26.2 Å². The first-order chi connectivity index (χ1) is 8.77. The molecular formula is C13H25NO3S. The van der Waals surface area contributed by atoms with E-state index in [0.29, 0.717) is 6.61 Å². The molecule has 1 aliphatic heterocycles. The van der Waals surface area contributed by atoms with Crippen LogP contribution in [0.5, 0.6) is 0 Å². The van der Waals surface area contributed by atoms with Gasteiger partial charge in [0.1, 0.15) is 0 Å². The van der Waals surface area contributed by atoms with Gasteiger partial charge in [-0.25, -0.2) is 0 Å². The average Bonchev–Trinajstić information content (AvgIpc) is 2.39. The molecule has 1 rings (SSSR count). The van der Waals surface area contributed by atoms with Crippen LogP contribution in [0.4, 0.5) is 0 Å². The molecule has 5 heteroatoms. The Morgan fingerprint density at radius 1 is 1.39 bits per heavy atom. The van der Waals surface area contributed by atoms with Gasteiger partial charge in [-0.15, -0.1) is 0 Å². The van der Waals surface area contributed by atoms with Crippen molar-refractivity contribution in [2.75, 3.05) is 45.2 Å². The predicted octanol–water partition coefficient (Wildman–Crippen LogP) is 1.60. The minimum atomic E-state index is -0.0615. The number of hydrogen-bond donors (Lipinski definition) is 1. The molecule has 18 heavy (non-hydrogen) atoms. The molecule has 0 spiro atoms. The highest BCUT2D eigenvalue weighted by Crippen LogP contribution is 2.15. The van der Waals surface area contributed by atoms with Gasteiger partial charge in [-0.1, -0.05) is 0 Å². The smallest absolute Gasteiger partial charge is 0.308 e. The van der Waals surface area contributed by atoms with Crippen LogP contribution >= 0.6 is 12.6 Å². The van der Waals surface area contributed by atoms with Gasteiger partial charge in [-0.3, -0.25) is 9.69 Å². The number of carbonyl (C=O) groups is 1. The number of carbonyl (C=O) groups excluding carboxylic acids is 1. The van der Waals surface area contributed by atoms with Gasteiger partial charge in [-0.05, 0) is 38.5 Å². The van der Waals surface area contributed by atoms with Crippen molar-refractivity contribution < 1.29 is 14.3 Å². The molecule has 0 aromatic heterocycles. The number of nitrogens with zero attached hydrogens (tertiary/aromatic N) is 1. The Labute approximate surface area is 115 Å². The summed E-state index contributed by atoms with van der Waals surface area (Å²) < 4.78 is 10.4. The molecule has 0 aromatic rings. The van der Waals surface area contributed by atoms with Crippen LogP contribution in [0, 0.1) is 5.92 Å². The second-order valence-corrected chi connectivity index (χ2v) is 5.00. The number of ether oxygens (including phenoxy) is 2. The maximum Gasteiger partial charge on any atom is 0.308 e. The lowest BCUT2D eigenvalue weighted by Gasteiger charge is -2.27. The van der Waals surface area contributed by atoms with Crippen molar-refractivity contribution >= 4 is 18.6 Å². The fraction of sp³-hybridized carbons (Fsp3) is 0.923. The van der Waals surface area contributed by atoms with Gasteiger partial charge in [-0.2, -0.15) is 12.6 Å². The molecule has 0 N–H and O–H groups in total. The van der Waals surface area contributed by atoms with E-state index in [1.165, 1.54) is 0 Å². The third-order valence-electron chi connectivity index (χ3n) is 3.23. The van der Waals surface area contributed by atoms with Gasteiger partial charge in [0.05, 0.1) is 25.7 Å². The maximum atomic E-state index is 11.7. The molecule has 4 nitrogen and oxygen atoms in total. The summed E-state index contributed by atoms with van der Waals surface area (Å²) in [4.78, 5) is 14.1. The topological polar surface area (TPSA) is 38.8 Å². The second kappa shape index (κ2) is 9.64.